The zero-order chi connectivity index (χ0) is 18.1. The van der Waals surface area contributed by atoms with Gasteiger partial charge in [0.15, 0.2) is 0 Å². The summed E-state index contributed by atoms with van der Waals surface area (Å²) in [6, 6.07) is 11.3. The van der Waals surface area contributed by atoms with Gasteiger partial charge in [-0.05, 0) is 61.7 Å². The predicted octanol–water partition coefficient (Wildman–Crippen LogP) is 4.26. The first-order valence-electron chi connectivity index (χ1n) is 8.30. The highest BCUT2D eigenvalue weighted by Crippen LogP contribution is 2.30. The minimum Gasteiger partial charge on any atom is -0.326 e. The molecular weight excluding hydrogens is 336 g/mol. The maximum absolute atomic E-state index is 12.6. The molecule has 1 aliphatic heterocycles. The molecule has 0 spiro atoms. The van der Waals surface area contributed by atoms with Crippen molar-refractivity contribution < 1.29 is 9.59 Å². The number of carbonyl (C=O) groups excluding carboxylic acids is 2. The van der Waals surface area contributed by atoms with Crippen molar-refractivity contribution >= 4 is 34.8 Å². The first-order chi connectivity index (χ1) is 11.8. The van der Waals surface area contributed by atoms with Crippen molar-refractivity contribution in [2.75, 3.05) is 16.8 Å². The van der Waals surface area contributed by atoms with Crippen molar-refractivity contribution in [3.05, 3.63) is 58.1 Å². The molecule has 0 aromatic heterocycles. The van der Waals surface area contributed by atoms with E-state index in [-0.39, 0.29) is 24.2 Å². The third-order valence-corrected chi connectivity index (χ3v) is 4.97. The third kappa shape index (κ3) is 3.69. The molecule has 1 aliphatic rings. The monoisotopic (exact) mass is 356 g/mol. The highest BCUT2D eigenvalue weighted by atomic mass is 35.5. The standard InChI is InChI=1S/C20H21ClN2O2/c1-12-5-7-17(8-14(12)3)22-20(25)15-9-19(24)23(11-15)18-10-16(21)6-4-13(18)2/h4-8,10,15H,9,11H2,1-3H3,(H,22,25). The van der Waals surface area contributed by atoms with Crippen LogP contribution in [0.15, 0.2) is 36.4 Å². The van der Waals surface area contributed by atoms with Crippen LogP contribution in [0.3, 0.4) is 0 Å². The predicted molar refractivity (Wildman–Crippen MR) is 101 cm³/mol. The van der Waals surface area contributed by atoms with E-state index < -0.39 is 0 Å². The van der Waals surface area contributed by atoms with E-state index in [9.17, 15) is 9.59 Å². The molecule has 1 N–H and O–H groups in total. The van der Waals surface area contributed by atoms with E-state index >= 15 is 0 Å². The molecule has 1 fully saturated rings. The summed E-state index contributed by atoms with van der Waals surface area (Å²) in [5.41, 5.74) is 4.80. The van der Waals surface area contributed by atoms with E-state index in [0.717, 1.165) is 22.5 Å². The number of aryl methyl sites for hydroxylation is 3. The van der Waals surface area contributed by atoms with Crippen molar-refractivity contribution in [3.8, 4) is 0 Å². The number of nitrogens with one attached hydrogen (secondary N) is 1. The first-order valence-corrected chi connectivity index (χ1v) is 8.67. The van der Waals surface area contributed by atoms with Gasteiger partial charge in [-0.15, -0.1) is 0 Å². The van der Waals surface area contributed by atoms with Crippen molar-refractivity contribution in [2.45, 2.75) is 27.2 Å². The van der Waals surface area contributed by atoms with Gasteiger partial charge in [-0.1, -0.05) is 23.7 Å². The van der Waals surface area contributed by atoms with Crippen LogP contribution in [-0.2, 0) is 9.59 Å². The summed E-state index contributed by atoms with van der Waals surface area (Å²) in [7, 11) is 0. The van der Waals surface area contributed by atoms with Gasteiger partial charge in [0.1, 0.15) is 0 Å². The van der Waals surface area contributed by atoms with E-state index in [1.807, 2.05) is 45.0 Å². The molecule has 130 valence electrons. The summed E-state index contributed by atoms with van der Waals surface area (Å²) >= 11 is 6.06. The second-order valence-corrected chi connectivity index (χ2v) is 7.06. The second-order valence-electron chi connectivity index (χ2n) is 6.62. The number of benzene rings is 2. The normalized spacial score (nSPS) is 17.0. The molecule has 0 radical (unpaired) electrons. The van der Waals surface area contributed by atoms with Crippen LogP contribution in [-0.4, -0.2) is 18.4 Å². The van der Waals surface area contributed by atoms with Crippen LogP contribution in [0.2, 0.25) is 5.02 Å². The van der Waals surface area contributed by atoms with Crippen LogP contribution in [0.25, 0.3) is 0 Å². The molecule has 0 saturated carbocycles. The lowest BCUT2D eigenvalue weighted by atomic mass is 10.1. The lowest BCUT2D eigenvalue weighted by Crippen LogP contribution is -2.28. The molecule has 1 atom stereocenters. The molecule has 0 aliphatic carbocycles. The minimum absolute atomic E-state index is 0.0504. The summed E-state index contributed by atoms with van der Waals surface area (Å²) in [5, 5.41) is 3.51. The molecule has 5 heteroatoms. The summed E-state index contributed by atoms with van der Waals surface area (Å²) in [4.78, 5) is 26.6. The molecule has 1 unspecified atom stereocenters. The highest BCUT2D eigenvalue weighted by Gasteiger charge is 2.35. The van der Waals surface area contributed by atoms with Crippen LogP contribution in [0, 0.1) is 26.7 Å². The summed E-state index contributed by atoms with van der Waals surface area (Å²) in [5.74, 6) is -0.545. The van der Waals surface area contributed by atoms with E-state index in [0.29, 0.717) is 11.6 Å². The minimum atomic E-state index is -0.368. The van der Waals surface area contributed by atoms with Crippen LogP contribution >= 0.6 is 11.6 Å². The van der Waals surface area contributed by atoms with Gasteiger partial charge >= 0.3 is 0 Å². The quantitative estimate of drug-likeness (QED) is 0.893. The molecule has 2 amide bonds. The lowest BCUT2D eigenvalue weighted by molar-refractivity contribution is -0.122. The summed E-state index contributed by atoms with van der Waals surface area (Å²) in [6.45, 7) is 6.34. The number of hydrogen-bond donors (Lipinski definition) is 1. The molecule has 2 aromatic rings. The Balaban J connectivity index is 1.74. The van der Waals surface area contributed by atoms with Gasteiger partial charge in [-0.3, -0.25) is 9.59 Å². The fourth-order valence-electron chi connectivity index (χ4n) is 3.05. The number of nitrogens with zero attached hydrogens (tertiary/aromatic N) is 1. The van der Waals surface area contributed by atoms with Gasteiger partial charge < -0.3 is 10.2 Å². The zero-order valence-corrected chi connectivity index (χ0v) is 15.4. The van der Waals surface area contributed by atoms with Gasteiger partial charge in [0.2, 0.25) is 11.8 Å². The molecule has 25 heavy (non-hydrogen) atoms. The maximum atomic E-state index is 12.6. The van der Waals surface area contributed by atoms with E-state index in [1.54, 1.807) is 17.0 Å². The topological polar surface area (TPSA) is 49.4 Å². The fourth-order valence-corrected chi connectivity index (χ4v) is 3.22. The van der Waals surface area contributed by atoms with E-state index in [4.69, 9.17) is 11.6 Å². The summed E-state index contributed by atoms with van der Waals surface area (Å²) < 4.78 is 0. The smallest absolute Gasteiger partial charge is 0.229 e. The van der Waals surface area contributed by atoms with Crippen molar-refractivity contribution in [1.29, 1.82) is 0 Å². The maximum Gasteiger partial charge on any atom is 0.229 e. The molecule has 3 rings (SSSR count). The Morgan fingerprint density at radius 3 is 2.52 bits per heavy atom. The Morgan fingerprint density at radius 1 is 1.08 bits per heavy atom. The number of carbonyl (C=O) groups is 2. The molecular formula is C20H21ClN2O2. The van der Waals surface area contributed by atoms with Crippen molar-refractivity contribution in [2.24, 2.45) is 5.92 Å². The van der Waals surface area contributed by atoms with Crippen LogP contribution in [0.4, 0.5) is 11.4 Å². The molecule has 1 saturated heterocycles. The molecule has 4 nitrogen and oxygen atoms in total. The fraction of sp³-hybridized carbons (Fsp3) is 0.300. The Kier molecular flexibility index (Phi) is 4.82. The van der Waals surface area contributed by atoms with Crippen molar-refractivity contribution in [1.82, 2.24) is 0 Å². The largest absolute Gasteiger partial charge is 0.326 e. The van der Waals surface area contributed by atoms with Crippen LogP contribution in [0.1, 0.15) is 23.1 Å². The number of halogens is 1. The van der Waals surface area contributed by atoms with Crippen LogP contribution < -0.4 is 10.2 Å². The van der Waals surface area contributed by atoms with Gasteiger partial charge in [-0.2, -0.15) is 0 Å². The first kappa shape index (κ1) is 17.5. The number of hydrogen-bond acceptors (Lipinski definition) is 2. The molecule has 0 bridgehead atoms. The lowest BCUT2D eigenvalue weighted by Gasteiger charge is -2.19. The van der Waals surface area contributed by atoms with Gasteiger partial charge in [-0.25, -0.2) is 0 Å². The number of amides is 2. The van der Waals surface area contributed by atoms with Gasteiger partial charge in [0.25, 0.3) is 0 Å². The van der Waals surface area contributed by atoms with E-state index in [2.05, 4.69) is 5.32 Å². The second kappa shape index (κ2) is 6.89. The average molecular weight is 357 g/mol. The van der Waals surface area contributed by atoms with Crippen molar-refractivity contribution in [3.63, 3.8) is 0 Å². The number of anilines is 2. The average Bonchev–Trinajstić information content (AvgIpc) is 2.95. The third-order valence-electron chi connectivity index (χ3n) is 4.73. The SMILES string of the molecule is Cc1ccc(NC(=O)C2CC(=O)N(c3cc(Cl)ccc3C)C2)cc1C. The van der Waals surface area contributed by atoms with E-state index in [1.165, 1.54) is 5.56 Å². The number of rotatable bonds is 3. The van der Waals surface area contributed by atoms with Crippen LogP contribution in [0.5, 0.6) is 0 Å². The summed E-state index contributed by atoms with van der Waals surface area (Å²) in [6.07, 6.45) is 0.211. The van der Waals surface area contributed by atoms with Gasteiger partial charge in [0.05, 0.1) is 5.92 Å². The highest BCUT2D eigenvalue weighted by molar-refractivity contribution is 6.31. The van der Waals surface area contributed by atoms with Gasteiger partial charge in [0, 0.05) is 29.4 Å². The Bertz CT molecular complexity index is 848. The Labute approximate surface area is 152 Å². The Morgan fingerprint density at radius 2 is 1.80 bits per heavy atom. The Hall–Kier alpha value is -2.33. The molecule has 2 aromatic carbocycles. The molecule has 1 heterocycles. The zero-order valence-electron chi connectivity index (χ0n) is 14.6.